The lowest BCUT2D eigenvalue weighted by molar-refractivity contribution is 0.136. The van der Waals surface area contributed by atoms with Gasteiger partial charge in [0.15, 0.2) is 0 Å². The van der Waals surface area contributed by atoms with Gasteiger partial charge in [-0.25, -0.2) is 0 Å². The van der Waals surface area contributed by atoms with E-state index in [0.717, 1.165) is 23.7 Å². The zero-order valence-corrected chi connectivity index (χ0v) is 11.9. The Morgan fingerprint density at radius 1 is 1.00 bits per heavy atom. The molecule has 100 valence electrons. The predicted octanol–water partition coefficient (Wildman–Crippen LogP) is 4.00. The molecule has 0 aliphatic rings. The Bertz CT molecular complexity index is 485. The molecule has 0 saturated carbocycles. The highest BCUT2D eigenvalue weighted by atomic mass is 32.2. The van der Waals surface area contributed by atoms with Crippen molar-refractivity contribution in [3.8, 4) is 5.75 Å². The van der Waals surface area contributed by atoms with E-state index in [2.05, 4.69) is 24.3 Å². The maximum atomic E-state index is 5.66. The quantitative estimate of drug-likeness (QED) is 0.561. The lowest BCUT2D eigenvalue weighted by Crippen LogP contribution is -1.98. The van der Waals surface area contributed by atoms with Gasteiger partial charge in [0.05, 0.1) is 20.3 Å². The van der Waals surface area contributed by atoms with Crippen molar-refractivity contribution in [2.45, 2.75) is 11.5 Å². The van der Waals surface area contributed by atoms with Crippen molar-refractivity contribution in [1.82, 2.24) is 0 Å². The van der Waals surface area contributed by atoms with E-state index in [4.69, 9.17) is 9.47 Å². The Morgan fingerprint density at radius 3 is 2.63 bits per heavy atom. The highest BCUT2D eigenvalue weighted by molar-refractivity contribution is 7.99. The fraction of sp³-hybridized carbons (Fsp3) is 0.250. The first kappa shape index (κ1) is 14.0. The molecule has 3 heteroatoms. The summed E-state index contributed by atoms with van der Waals surface area (Å²) >= 11 is 1.81. The second kappa shape index (κ2) is 7.87. The Kier molecular flexibility index (Phi) is 5.79. The number of hydrogen-bond acceptors (Lipinski definition) is 3. The molecule has 0 heterocycles. The van der Waals surface area contributed by atoms with E-state index in [1.807, 2.05) is 42.1 Å². The summed E-state index contributed by atoms with van der Waals surface area (Å²) in [6, 6.07) is 18.4. The first-order valence-corrected chi connectivity index (χ1v) is 7.25. The maximum Gasteiger partial charge on any atom is 0.119 e. The standard InChI is InChI=1S/C16H18O2S/c1-17-15-7-5-6-14(12-15)13-18-10-11-19-16-8-3-2-4-9-16/h2-9,12H,10-11,13H2,1H3. The van der Waals surface area contributed by atoms with E-state index in [1.165, 1.54) is 4.90 Å². The van der Waals surface area contributed by atoms with Crippen LogP contribution in [0.4, 0.5) is 0 Å². The molecule has 0 fully saturated rings. The van der Waals surface area contributed by atoms with Crippen molar-refractivity contribution in [2.24, 2.45) is 0 Å². The van der Waals surface area contributed by atoms with Gasteiger partial charge in [0.25, 0.3) is 0 Å². The zero-order chi connectivity index (χ0) is 13.3. The largest absolute Gasteiger partial charge is 0.497 e. The third-order valence-electron chi connectivity index (χ3n) is 2.64. The van der Waals surface area contributed by atoms with Gasteiger partial charge < -0.3 is 9.47 Å². The van der Waals surface area contributed by atoms with Crippen LogP contribution in [0.5, 0.6) is 5.75 Å². The van der Waals surface area contributed by atoms with Gasteiger partial charge in [-0.15, -0.1) is 11.8 Å². The molecule has 2 aromatic rings. The van der Waals surface area contributed by atoms with Gasteiger partial charge in [-0.3, -0.25) is 0 Å². The van der Waals surface area contributed by atoms with Gasteiger partial charge >= 0.3 is 0 Å². The molecule has 0 aromatic heterocycles. The highest BCUT2D eigenvalue weighted by Crippen LogP contribution is 2.17. The number of thioether (sulfide) groups is 1. The zero-order valence-electron chi connectivity index (χ0n) is 11.0. The molecule has 19 heavy (non-hydrogen) atoms. The number of ether oxygens (including phenoxy) is 2. The minimum absolute atomic E-state index is 0.631. The fourth-order valence-corrected chi connectivity index (χ4v) is 2.47. The summed E-state index contributed by atoms with van der Waals surface area (Å²) in [5.74, 6) is 1.84. The summed E-state index contributed by atoms with van der Waals surface area (Å²) in [4.78, 5) is 1.28. The predicted molar refractivity (Wildman–Crippen MR) is 79.8 cm³/mol. The van der Waals surface area contributed by atoms with Crippen LogP contribution in [0.25, 0.3) is 0 Å². The monoisotopic (exact) mass is 274 g/mol. The summed E-state index contributed by atoms with van der Waals surface area (Å²) in [6.07, 6.45) is 0. The van der Waals surface area contributed by atoms with E-state index < -0.39 is 0 Å². The molecule has 0 unspecified atom stereocenters. The maximum absolute atomic E-state index is 5.66. The van der Waals surface area contributed by atoms with Crippen LogP contribution in [0.3, 0.4) is 0 Å². The van der Waals surface area contributed by atoms with Crippen molar-refractivity contribution in [1.29, 1.82) is 0 Å². The lowest BCUT2D eigenvalue weighted by Gasteiger charge is -2.06. The third kappa shape index (κ3) is 4.97. The number of methoxy groups -OCH3 is 1. The smallest absolute Gasteiger partial charge is 0.119 e. The first-order valence-electron chi connectivity index (χ1n) is 6.27. The van der Waals surface area contributed by atoms with Gasteiger partial charge in [0.2, 0.25) is 0 Å². The average molecular weight is 274 g/mol. The van der Waals surface area contributed by atoms with Crippen LogP contribution in [0.2, 0.25) is 0 Å². The summed E-state index contributed by atoms with van der Waals surface area (Å²) in [7, 11) is 1.68. The molecular formula is C16H18O2S. The molecular weight excluding hydrogens is 256 g/mol. The molecule has 0 saturated heterocycles. The molecule has 0 aliphatic carbocycles. The minimum atomic E-state index is 0.631. The Labute approximate surface area is 118 Å². The van der Waals surface area contributed by atoms with E-state index >= 15 is 0 Å². The van der Waals surface area contributed by atoms with Crippen molar-refractivity contribution < 1.29 is 9.47 Å². The summed E-state index contributed by atoms with van der Waals surface area (Å²) in [5, 5.41) is 0. The Hall–Kier alpha value is -1.45. The van der Waals surface area contributed by atoms with Gasteiger partial charge in [0.1, 0.15) is 5.75 Å². The third-order valence-corrected chi connectivity index (χ3v) is 3.62. The van der Waals surface area contributed by atoms with Crippen molar-refractivity contribution in [3.05, 3.63) is 60.2 Å². The van der Waals surface area contributed by atoms with E-state index in [0.29, 0.717) is 6.61 Å². The van der Waals surface area contributed by atoms with Gasteiger partial charge in [-0.2, -0.15) is 0 Å². The second-order valence-corrected chi connectivity index (χ2v) is 5.23. The number of rotatable bonds is 7. The summed E-state index contributed by atoms with van der Waals surface area (Å²) in [6.45, 7) is 1.38. The SMILES string of the molecule is COc1cccc(COCCSc2ccccc2)c1. The topological polar surface area (TPSA) is 18.5 Å². The number of hydrogen-bond donors (Lipinski definition) is 0. The van der Waals surface area contributed by atoms with Crippen LogP contribution in [0.1, 0.15) is 5.56 Å². The van der Waals surface area contributed by atoms with Crippen LogP contribution >= 0.6 is 11.8 Å². The van der Waals surface area contributed by atoms with Crippen LogP contribution in [-0.2, 0) is 11.3 Å². The molecule has 2 rings (SSSR count). The van der Waals surface area contributed by atoms with E-state index in [9.17, 15) is 0 Å². The van der Waals surface area contributed by atoms with Crippen LogP contribution in [0, 0.1) is 0 Å². The van der Waals surface area contributed by atoms with E-state index in [1.54, 1.807) is 7.11 Å². The Balaban J connectivity index is 1.66. The number of benzene rings is 2. The second-order valence-electron chi connectivity index (χ2n) is 4.07. The molecule has 2 nitrogen and oxygen atoms in total. The summed E-state index contributed by atoms with van der Waals surface area (Å²) < 4.78 is 10.8. The normalized spacial score (nSPS) is 10.4. The summed E-state index contributed by atoms with van der Waals surface area (Å²) in [5.41, 5.74) is 1.14. The Morgan fingerprint density at radius 2 is 1.84 bits per heavy atom. The molecule has 0 spiro atoms. The molecule has 2 aromatic carbocycles. The molecule has 0 N–H and O–H groups in total. The van der Waals surface area contributed by atoms with Crippen molar-refractivity contribution in [3.63, 3.8) is 0 Å². The fourth-order valence-electron chi connectivity index (χ4n) is 1.69. The van der Waals surface area contributed by atoms with Crippen LogP contribution in [-0.4, -0.2) is 19.5 Å². The first-order chi connectivity index (χ1) is 9.38. The van der Waals surface area contributed by atoms with Crippen LogP contribution in [0.15, 0.2) is 59.5 Å². The van der Waals surface area contributed by atoms with Gasteiger partial charge in [-0.1, -0.05) is 30.3 Å². The minimum Gasteiger partial charge on any atom is -0.497 e. The van der Waals surface area contributed by atoms with E-state index in [-0.39, 0.29) is 0 Å². The molecule has 0 bridgehead atoms. The molecule has 0 atom stereocenters. The lowest BCUT2D eigenvalue weighted by atomic mass is 10.2. The van der Waals surface area contributed by atoms with Crippen molar-refractivity contribution in [2.75, 3.05) is 19.5 Å². The average Bonchev–Trinajstić information content (AvgIpc) is 2.48. The van der Waals surface area contributed by atoms with Gasteiger partial charge in [-0.05, 0) is 29.8 Å². The van der Waals surface area contributed by atoms with Crippen LogP contribution < -0.4 is 4.74 Å². The molecule has 0 amide bonds. The molecule has 0 radical (unpaired) electrons. The highest BCUT2D eigenvalue weighted by Gasteiger charge is 1.97. The van der Waals surface area contributed by atoms with Crippen molar-refractivity contribution >= 4 is 11.8 Å². The van der Waals surface area contributed by atoms with Gasteiger partial charge in [0, 0.05) is 10.6 Å². The molecule has 0 aliphatic heterocycles.